The Hall–Kier alpha value is -7.16. The van der Waals surface area contributed by atoms with Gasteiger partial charge in [0.2, 0.25) is 0 Å². The highest BCUT2D eigenvalue weighted by atomic mass is 14.7. The fourth-order valence-corrected chi connectivity index (χ4v) is 7.77. The Morgan fingerprint density at radius 2 is 0.759 bits per heavy atom. The molecule has 252 valence electrons. The van der Waals surface area contributed by atoms with Gasteiger partial charge in [0.05, 0.1) is 22.6 Å². The molecular formula is C52H34N2. The Kier molecular flexibility index (Phi) is 7.85. The molecule has 0 spiro atoms. The number of hydrogen-bond acceptors (Lipinski definition) is 2. The van der Waals surface area contributed by atoms with E-state index in [1.54, 1.807) is 0 Å². The molecule has 10 aromatic rings. The molecule has 0 saturated carbocycles. The molecule has 0 aliphatic heterocycles. The van der Waals surface area contributed by atoms with Gasteiger partial charge in [-0.2, -0.15) is 0 Å². The molecule has 2 heteroatoms. The van der Waals surface area contributed by atoms with E-state index < -0.39 is 0 Å². The molecule has 2 heterocycles. The van der Waals surface area contributed by atoms with Crippen LogP contribution in [-0.4, -0.2) is 9.97 Å². The lowest BCUT2D eigenvalue weighted by Crippen LogP contribution is -1.93. The molecule has 8 aromatic carbocycles. The lowest BCUT2D eigenvalue weighted by atomic mass is 9.91. The first-order chi connectivity index (χ1) is 26.7. The van der Waals surface area contributed by atoms with Crippen molar-refractivity contribution in [1.82, 2.24) is 9.97 Å². The highest BCUT2D eigenvalue weighted by Gasteiger charge is 2.16. The molecule has 0 aliphatic rings. The van der Waals surface area contributed by atoms with Gasteiger partial charge in [0, 0.05) is 22.1 Å². The average Bonchev–Trinajstić information content (AvgIpc) is 3.26. The number of fused-ring (bicyclic) bond motifs is 3. The summed E-state index contributed by atoms with van der Waals surface area (Å²) in [5.74, 6) is 0. The molecule has 0 atom stereocenters. The monoisotopic (exact) mass is 686 g/mol. The standard InChI is InChI=1S/C52H34N2/c1-3-16-37(17-4-1)50-32-42(33-51(54-50)38-18-5-2-6-19-38)39-22-11-23-40(30-39)47-34-52(46-27-13-21-36-15-8-10-25-44(36)46)53-49-29-28-41(31-48(47)49)45-26-12-20-35-14-7-9-24-43(35)45/h1-34H. The third kappa shape index (κ3) is 5.81. The summed E-state index contributed by atoms with van der Waals surface area (Å²) in [6.07, 6.45) is 0. The van der Waals surface area contributed by atoms with Gasteiger partial charge in [-0.05, 0) is 91.3 Å². The molecule has 54 heavy (non-hydrogen) atoms. The fourth-order valence-electron chi connectivity index (χ4n) is 7.77. The lowest BCUT2D eigenvalue weighted by molar-refractivity contribution is 1.32. The molecule has 0 N–H and O–H groups in total. The van der Waals surface area contributed by atoms with E-state index in [-0.39, 0.29) is 0 Å². The number of hydrogen-bond donors (Lipinski definition) is 0. The van der Waals surface area contributed by atoms with Crippen molar-refractivity contribution in [2.45, 2.75) is 0 Å². The van der Waals surface area contributed by atoms with Gasteiger partial charge < -0.3 is 0 Å². The van der Waals surface area contributed by atoms with Crippen LogP contribution in [0.2, 0.25) is 0 Å². The van der Waals surface area contributed by atoms with Gasteiger partial charge in [-0.3, -0.25) is 0 Å². The zero-order valence-electron chi connectivity index (χ0n) is 29.5. The summed E-state index contributed by atoms with van der Waals surface area (Å²) in [5, 5.41) is 5.98. The Balaban J connectivity index is 1.19. The molecular weight excluding hydrogens is 653 g/mol. The minimum atomic E-state index is 0.949. The second-order valence-electron chi connectivity index (χ2n) is 13.8. The van der Waals surface area contributed by atoms with Crippen molar-refractivity contribution in [3.8, 4) is 67.2 Å². The van der Waals surface area contributed by atoms with Crippen LogP contribution in [-0.2, 0) is 0 Å². The van der Waals surface area contributed by atoms with Crippen molar-refractivity contribution in [3.63, 3.8) is 0 Å². The molecule has 2 aromatic heterocycles. The Morgan fingerprint density at radius 3 is 1.44 bits per heavy atom. The summed E-state index contributed by atoms with van der Waals surface area (Å²) >= 11 is 0. The summed E-state index contributed by atoms with van der Waals surface area (Å²) in [6.45, 7) is 0. The number of aromatic nitrogens is 2. The third-order valence-corrected chi connectivity index (χ3v) is 10.4. The maximum absolute atomic E-state index is 5.34. The maximum atomic E-state index is 5.34. The number of pyridine rings is 2. The van der Waals surface area contributed by atoms with Gasteiger partial charge in [-0.15, -0.1) is 0 Å². The molecule has 0 fully saturated rings. The maximum Gasteiger partial charge on any atom is 0.0722 e. The Morgan fingerprint density at radius 1 is 0.241 bits per heavy atom. The predicted molar refractivity (Wildman–Crippen MR) is 227 cm³/mol. The zero-order valence-corrected chi connectivity index (χ0v) is 29.5. The van der Waals surface area contributed by atoms with E-state index in [1.165, 1.54) is 32.7 Å². The molecule has 0 unspecified atom stereocenters. The fraction of sp³-hybridized carbons (Fsp3) is 0. The normalized spacial score (nSPS) is 11.3. The number of nitrogens with zero attached hydrogens (tertiary/aromatic N) is 2. The van der Waals surface area contributed by atoms with Crippen LogP contribution in [0.15, 0.2) is 206 Å². The smallest absolute Gasteiger partial charge is 0.0722 e. The first-order valence-corrected chi connectivity index (χ1v) is 18.4. The van der Waals surface area contributed by atoms with E-state index in [4.69, 9.17) is 9.97 Å². The Bertz CT molecular complexity index is 2920. The van der Waals surface area contributed by atoms with Crippen LogP contribution in [0.3, 0.4) is 0 Å². The van der Waals surface area contributed by atoms with Crippen molar-refractivity contribution in [2.24, 2.45) is 0 Å². The minimum absolute atomic E-state index is 0.949. The minimum Gasteiger partial charge on any atom is -0.248 e. The van der Waals surface area contributed by atoms with Gasteiger partial charge >= 0.3 is 0 Å². The van der Waals surface area contributed by atoms with E-state index in [1.807, 2.05) is 12.1 Å². The van der Waals surface area contributed by atoms with Gasteiger partial charge in [0.1, 0.15) is 0 Å². The van der Waals surface area contributed by atoms with Crippen LogP contribution < -0.4 is 0 Å². The van der Waals surface area contributed by atoms with Crippen LogP contribution in [0.4, 0.5) is 0 Å². The van der Waals surface area contributed by atoms with Gasteiger partial charge in [-0.25, -0.2) is 9.97 Å². The Labute approximate surface area is 314 Å². The lowest BCUT2D eigenvalue weighted by Gasteiger charge is -2.15. The summed E-state index contributed by atoms with van der Waals surface area (Å²) in [4.78, 5) is 10.5. The first kappa shape index (κ1) is 31.6. The van der Waals surface area contributed by atoms with Crippen LogP contribution in [0.5, 0.6) is 0 Å². The molecule has 0 aliphatic carbocycles. The van der Waals surface area contributed by atoms with Crippen molar-refractivity contribution in [2.75, 3.05) is 0 Å². The molecule has 0 radical (unpaired) electrons. The van der Waals surface area contributed by atoms with Gasteiger partial charge in [0.15, 0.2) is 0 Å². The van der Waals surface area contributed by atoms with Crippen molar-refractivity contribution in [1.29, 1.82) is 0 Å². The summed E-state index contributed by atoms with van der Waals surface area (Å²) < 4.78 is 0. The largest absolute Gasteiger partial charge is 0.248 e. The van der Waals surface area contributed by atoms with Crippen LogP contribution in [0.25, 0.3) is 99.6 Å². The molecule has 0 bridgehead atoms. The quantitative estimate of drug-likeness (QED) is 0.174. The van der Waals surface area contributed by atoms with Crippen molar-refractivity contribution >= 4 is 32.4 Å². The van der Waals surface area contributed by atoms with Crippen molar-refractivity contribution < 1.29 is 0 Å². The second kappa shape index (κ2) is 13.4. The number of benzene rings is 8. The van der Waals surface area contributed by atoms with E-state index in [9.17, 15) is 0 Å². The summed E-state index contributed by atoms with van der Waals surface area (Å²) in [5.41, 5.74) is 14.0. The molecule has 10 rings (SSSR count). The SMILES string of the molecule is c1ccc(-c2cc(-c3cccc(-c4cc(-c5cccc6ccccc56)nc5ccc(-c6cccc7ccccc67)cc45)c3)cc(-c3ccccc3)n2)cc1. The predicted octanol–water partition coefficient (Wildman–Crippen LogP) is 13.9. The zero-order chi connectivity index (χ0) is 35.8. The van der Waals surface area contributed by atoms with Crippen molar-refractivity contribution in [3.05, 3.63) is 206 Å². The van der Waals surface area contributed by atoms with Crippen LogP contribution in [0, 0.1) is 0 Å². The molecule has 0 saturated heterocycles. The third-order valence-electron chi connectivity index (χ3n) is 10.4. The summed E-state index contributed by atoms with van der Waals surface area (Å²) in [7, 11) is 0. The van der Waals surface area contributed by atoms with E-state index >= 15 is 0 Å². The number of rotatable bonds is 6. The van der Waals surface area contributed by atoms with E-state index in [0.29, 0.717) is 0 Å². The van der Waals surface area contributed by atoms with E-state index in [2.05, 4.69) is 194 Å². The molecule has 0 amide bonds. The van der Waals surface area contributed by atoms with Crippen LogP contribution >= 0.6 is 0 Å². The highest BCUT2D eigenvalue weighted by molar-refractivity contribution is 6.05. The van der Waals surface area contributed by atoms with Gasteiger partial charge in [-0.1, -0.05) is 170 Å². The van der Waals surface area contributed by atoms with E-state index in [0.717, 1.165) is 66.9 Å². The average molecular weight is 687 g/mol. The first-order valence-electron chi connectivity index (χ1n) is 18.4. The summed E-state index contributed by atoms with van der Waals surface area (Å²) in [6, 6.07) is 73.5. The van der Waals surface area contributed by atoms with Crippen LogP contribution in [0.1, 0.15) is 0 Å². The highest BCUT2D eigenvalue weighted by Crippen LogP contribution is 2.39. The molecule has 2 nitrogen and oxygen atoms in total. The second-order valence-corrected chi connectivity index (χ2v) is 13.8. The topological polar surface area (TPSA) is 25.8 Å². The van der Waals surface area contributed by atoms with Gasteiger partial charge in [0.25, 0.3) is 0 Å².